The molecule has 0 atom stereocenters. The zero-order valence-corrected chi connectivity index (χ0v) is 16.1. The monoisotopic (exact) mass is 392 g/mol. The topological polar surface area (TPSA) is 104 Å². The van der Waals surface area contributed by atoms with Gasteiger partial charge in [-0.3, -0.25) is 14.2 Å². The lowest BCUT2D eigenvalue weighted by atomic mass is 10.1. The van der Waals surface area contributed by atoms with Crippen LogP contribution >= 0.6 is 11.3 Å². The summed E-state index contributed by atoms with van der Waals surface area (Å²) in [5.41, 5.74) is 1.13. The molecule has 0 bridgehead atoms. The third kappa shape index (κ3) is 5.27. The number of carbonyl (C=O) groups is 3. The highest BCUT2D eigenvalue weighted by Crippen LogP contribution is 2.17. The molecule has 9 heteroatoms. The van der Waals surface area contributed by atoms with Gasteiger partial charge in [0.1, 0.15) is 6.54 Å². The van der Waals surface area contributed by atoms with Gasteiger partial charge < -0.3 is 14.8 Å². The summed E-state index contributed by atoms with van der Waals surface area (Å²) in [5.74, 6) is -1.71. The molecular weight excluding hydrogens is 372 g/mol. The van der Waals surface area contributed by atoms with Gasteiger partial charge in [-0.15, -0.1) is 0 Å². The molecule has 1 aromatic heterocycles. The smallest absolute Gasteiger partial charge is 0.338 e. The van der Waals surface area contributed by atoms with E-state index in [2.05, 4.69) is 5.32 Å². The van der Waals surface area contributed by atoms with Crippen LogP contribution in [-0.2, 0) is 20.8 Å². The lowest BCUT2D eigenvalue weighted by Gasteiger charge is -2.11. The Bertz CT molecular complexity index is 879. The summed E-state index contributed by atoms with van der Waals surface area (Å²) in [5, 5.41) is 4.26. The predicted octanol–water partition coefficient (Wildman–Crippen LogP) is 2.21. The van der Waals surface area contributed by atoms with Crippen LogP contribution in [0.25, 0.3) is 0 Å². The van der Waals surface area contributed by atoms with Crippen LogP contribution in [0.2, 0.25) is 0 Å². The van der Waals surface area contributed by atoms with E-state index in [9.17, 15) is 19.2 Å². The van der Waals surface area contributed by atoms with Crippen LogP contribution in [0.3, 0.4) is 0 Å². The summed E-state index contributed by atoms with van der Waals surface area (Å²) in [6.07, 6.45) is 0. The van der Waals surface area contributed by atoms with Crippen molar-refractivity contribution >= 4 is 34.9 Å². The highest BCUT2D eigenvalue weighted by molar-refractivity contribution is 7.07. The molecule has 8 nitrogen and oxygen atoms in total. The minimum absolute atomic E-state index is 0.113. The van der Waals surface area contributed by atoms with Gasteiger partial charge in [0.15, 0.2) is 0 Å². The molecular formula is C18H20N2O6S. The third-order valence-electron chi connectivity index (χ3n) is 3.52. The average Bonchev–Trinajstić information content (AvgIpc) is 2.93. The molecule has 0 aliphatic heterocycles. The second-order valence-electron chi connectivity index (χ2n) is 5.52. The molecule has 1 aromatic carbocycles. The number of hydrogen-bond acceptors (Lipinski definition) is 7. The maximum absolute atomic E-state index is 12.3. The summed E-state index contributed by atoms with van der Waals surface area (Å²) in [4.78, 5) is 47.9. The fourth-order valence-corrected chi connectivity index (χ4v) is 3.04. The lowest BCUT2D eigenvalue weighted by Crippen LogP contribution is -2.25. The van der Waals surface area contributed by atoms with E-state index in [4.69, 9.17) is 9.47 Å². The van der Waals surface area contributed by atoms with E-state index in [1.165, 1.54) is 22.8 Å². The summed E-state index contributed by atoms with van der Waals surface area (Å²) < 4.78 is 11.2. The number of hydrogen-bond donors (Lipinski definition) is 1. The first-order valence-corrected chi connectivity index (χ1v) is 9.17. The Labute approximate surface area is 159 Å². The van der Waals surface area contributed by atoms with E-state index in [1.807, 2.05) is 0 Å². The zero-order valence-electron chi connectivity index (χ0n) is 15.2. The van der Waals surface area contributed by atoms with Crippen molar-refractivity contribution in [3.63, 3.8) is 0 Å². The standard InChI is InChI=1S/C18H20N2O6S/c1-4-25-16(22)12-6-13(17(23)26-5-2)8-14(7-12)19-15(21)9-20-11(3)10-27-18(20)24/h6-8,10H,4-5,9H2,1-3H3,(H,19,21). The van der Waals surface area contributed by atoms with Gasteiger partial charge in [-0.1, -0.05) is 11.3 Å². The quantitative estimate of drug-likeness (QED) is 0.725. The molecule has 1 N–H and O–H groups in total. The normalized spacial score (nSPS) is 10.3. The molecule has 0 aliphatic rings. The van der Waals surface area contributed by atoms with Crippen molar-refractivity contribution in [3.8, 4) is 0 Å². The van der Waals surface area contributed by atoms with Crippen LogP contribution in [0.15, 0.2) is 28.4 Å². The van der Waals surface area contributed by atoms with Crippen molar-refractivity contribution < 1.29 is 23.9 Å². The highest BCUT2D eigenvalue weighted by atomic mass is 32.1. The molecule has 2 rings (SSSR count). The van der Waals surface area contributed by atoms with Crippen LogP contribution in [0.4, 0.5) is 5.69 Å². The number of ether oxygens (including phenoxy) is 2. The molecule has 0 unspecified atom stereocenters. The molecule has 1 heterocycles. The van der Waals surface area contributed by atoms with E-state index < -0.39 is 17.8 Å². The second kappa shape index (κ2) is 9.13. The van der Waals surface area contributed by atoms with Crippen molar-refractivity contribution in [1.29, 1.82) is 0 Å². The largest absolute Gasteiger partial charge is 0.462 e. The van der Waals surface area contributed by atoms with Crippen LogP contribution in [0.5, 0.6) is 0 Å². The number of anilines is 1. The van der Waals surface area contributed by atoms with E-state index in [0.29, 0.717) is 5.69 Å². The first kappa shape index (κ1) is 20.4. The Morgan fingerprint density at radius 1 is 1.04 bits per heavy atom. The molecule has 1 amide bonds. The van der Waals surface area contributed by atoms with Gasteiger partial charge in [-0.2, -0.15) is 0 Å². The summed E-state index contributed by atoms with van der Waals surface area (Å²) in [6, 6.07) is 4.16. The van der Waals surface area contributed by atoms with Gasteiger partial charge in [-0.05, 0) is 39.0 Å². The number of aryl methyl sites for hydroxylation is 1. The minimum atomic E-state index is -0.621. The first-order chi connectivity index (χ1) is 12.8. The maximum atomic E-state index is 12.3. The van der Waals surface area contributed by atoms with Gasteiger partial charge >= 0.3 is 16.8 Å². The number of nitrogens with one attached hydrogen (secondary N) is 1. The van der Waals surface area contributed by atoms with Crippen molar-refractivity contribution in [1.82, 2.24) is 4.57 Å². The van der Waals surface area contributed by atoms with Crippen molar-refractivity contribution in [3.05, 3.63) is 50.1 Å². The molecule has 2 aromatic rings. The number of esters is 2. The van der Waals surface area contributed by atoms with Gasteiger partial charge in [0.2, 0.25) is 5.91 Å². The Kier molecular flexibility index (Phi) is 6.89. The van der Waals surface area contributed by atoms with Crippen LogP contribution in [-0.4, -0.2) is 35.6 Å². The van der Waals surface area contributed by atoms with E-state index in [-0.39, 0.29) is 41.4 Å². The summed E-state index contributed by atoms with van der Waals surface area (Å²) in [6.45, 7) is 5.22. The Balaban J connectivity index is 2.28. The average molecular weight is 392 g/mol. The lowest BCUT2D eigenvalue weighted by molar-refractivity contribution is -0.116. The third-order valence-corrected chi connectivity index (χ3v) is 4.40. The van der Waals surface area contributed by atoms with Crippen molar-refractivity contribution in [2.24, 2.45) is 0 Å². The van der Waals surface area contributed by atoms with Gasteiger partial charge in [0.25, 0.3) is 0 Å². The van der Waals surface area contributed by atoms with E-state index in [0.717, 1.165) is 11.3 Å². The second-order valence-corrected chi connectivity index (χ2v) is 6.34. The van der Waals surface area contributed by atoms with Crippen molar-refractivity contribution in [2.75, 3.05) is 18.5 Å². The number of aromatic nitrogens is 1. The van der Waals surface area contributed by atoms with Gasteiger partial charge in [0.05, 0.1) is 24.3 Å². The summed E-state index contributed by atoms with van der Waals surface area (Å²) in [7, 11) is 0. The minimum Gasteiger partial charge on any atom is -0.462 e. The number of thiazole rings is 1. The fourth-order valence-electron chi connectivity index (χ4n) is 2.30. The Morgan fingerprint density at radius 3 is 2.04 bits per heavy atom. The molecule has 27 heavy (non-hydrogen) atoms. The molecule has 0 fully saturated rings. The Morgan fingerprint density at radius 2 is 1.59 bits per heavy atom. The number of rotatable bonds is 7. The SMILES string of the molecule is CCOC(=O)c1cc(NC(=O)Cn2c(C)csc2=O)cc(C(=O)OCC)c1. The highest BCUT2D eigenvalue weighted by Gasteiger charge is 2.16. The number of benzene rings is 1. The predicted molar refractivity (Wildman–Crippen MR) is 100 cm³/mol. The Hall–Kier alpha value is -2.94. The number of carbonyl (C=O) groups excluding carboxylic acids is 3. The molecule has 0 saturated carbocycles. The molecule has 144 valence electrons. The maximum Gasteiger partial charge on any atom is 0.338 e. The van der Waals surface area contributed by atoms with Gasteiger partial charge in [0, 0.05) is 16.8 Å². The molecule has 0 spiro atoms. The van der Waals surface area contributed by atoms with Crippen LogP contribution < -0.4 is 10.2 Å². The van der Waals surface area contributed by atoms with Gasteiger partial charge in [-0.25, -0.2) is 9.59 Å². The molecule has 0 radical (unpaired) electrons. The first-order valence-electron chi connectivity index (χ1n) is 8.29. The van der Waals surface area contributed by atoms with Crippen LogP contribution in [0, 0.1) is 6.92 Å². The van der Waals surface area contributed by atoms with E-state index >= 15 is 0 Å². The van der Waals surface area contributed by atoms with Crippen molar-refractivity contribution in [2.45, 2.75) is 27.3 Å². The molecule has 0 saturated heterocycles. The van der Waals surface area contributed by atoms with Crippen LogP contribution in [0.1, 0.15) is 40.3 Å². The fraction of sp³-hybridized carbons (Fsp3) is 0.333. The van der Waals surface area contributed by atoms with E-state index in [1.54, 1.807) is 26.2 Å². The number of nitrogens with zero attached hydrogens (tertiary/aromatic N) is 1. The summed E-state index contributed by atoms with van der Waals surface area (Å²) >= 11 is 1.01. The zero-order chi connectivity index (χ0) is 20.0. The molecule has 0 aliphatic carbocycles. The number of amides is 1.